The lowest BCUT2D eigenvalue weighted by Gasteiger charge is -2.09. The first-order valence-electron chi connectivity index (χ1n) is 10.2. The van der Waals surface area contributed by atoms with Crippen molar-refractivity contribution >= 4 is 5.65 Å². The van der Waals surface area contributed by atoms with Gasteiger partial charge < -0.3 is 9.84 Å². The van der Waals surface area contributed by atoms with Crippen molar-refractivity contribution in [1.82, 2.24) is 14.6 Å². The molecule has 3 aromatic carbocycles. The minimum absolute atomic E-state index is 0.0145. The van der Waals surface area contributed by atoms with E-state index in [1.807, 2.05) is 67.6 Å². The molecule has 32 heavy (non-hydrogen) atoms. The predicted octanol–water partition coefficient (Wildman–Crippen LogP) is 5.05. The Labute approximate surface area is 184 Å². The van der Waals surface area contributed by atoms with Crippen LogP contribution in [0.15, 0.2) is 83.7 Å². The van der Waals surface area contributed by atoms with E-state index in [1.165, 1.54) is 17.7 Å². The summed E-state index contributed by atoms with van der Waals surface area (Å²) in [6, 6.07) is 24.7. The molecule has 6 nitrogen and oxygen atoms in total. The zero-order valence-electron chi connectivity index (χ0n) is 17.7. The van der Waals surface area contributed by atoms with Crippen LogP contribution in [0.5, 0.6) is 11.5 Å². The molecule has 2 aromatic heterocycles. The summed E-state index contributed by atoms with van der Waals surface area (Å²) in [6.07, 6.45) is 0. The Hall–Kier alpha value is -4.32. The minimum Gasteiger partial charge on any atom is -0.504 e. The van der Waals surface area contributed by atoms with E-state index < -0.39 is 0 Å². The number of fused-ring (bicyclic) bond motifs is 1. The Bertz CT molecular complexity index is 1490. The van der Waals surface area contributed by atoms with E-state index in [0.717, 1.165) is 22.4 Å². The number of aromatic amines is 1. The maximum absolute atomic E-state index is 13.7. The van der Waals surface area contributed by atoms with Gasteiger partial charge in [0, 0.05) is 5.56 Å². The number of methoxy groups -OCH3 is 1. The molecular formula is C26H21N3O3. The fraction of sp³-hybridized carbons (Fsp3) is 0.0769. The zero-order chi connectivity index (χ0) is 22.2. The SMILES string of the molecule is COc1cc(-c2c(C)nc3c(-c4ccccc4)c(-c4ccccc4)[nH]n3c2=O)ccc1O. The second kappa shape index (κ2) is 7.74. The molecule has 0 amide bonds. The molecule has 0 spiro atoms. The number of nitrogens with zero attached hydrogens (tertiary/aromatic N) is 2. The first-order valence-corrected chi connectivity index (χ1v) is 10.2. The highest BCUT2D eigenvalue weighted by Gasteiger charge is 2.21. The van der Waals surface area contributed by atoms with Gasteiger partial charge in [-0.15, -0.1) is 0 Å². The van der Waals surface area contributed by atoms with Gasteiger partial charge in [0.05, 0.1) is 29.6 Å². The average molecular weight is 423 g/mol. The van der Waals surface area contributed by atoms with Crippen molar-refractivity contribution in [2.75, 3.05) is 7.11 Å². The third-order valence-electron chi connectivity index (χ3n) is 5.55. The number of phenols is 1. The third-order valence-corrected chi connectivity index (χ3v) is 5.55. The van der Waals surface area contributed by atoms with Crippen molar-refractivity contribution in [1.29, 1.82) is 0 Å². The molecule has 0 atom stereocenters. The molecule has 0 aliphatic carbocycles. The summed E-state index contributed by atoms with van der Waals surface area (Å²) in [4.78, 5) is 18.5. The molecule has 158 valence electrons. The van der Waals surface area contributed by atoms with Crippen molar-refractivity contribution in [3.05, 3.63) is 94.9 Å². The van der Waals surface area contributed by atoms with E-state index in [0.29, 0.717) is 28.2 Å². The smallest absolute Gasteiger partial charge is 0.280 e. The van der Waals surface area contributed by atoms with E-state index >= 15 is 0 Å². The number of aromatic nitrogens is 3. The number of phenolic OH excluding ortho intramolecular Hbond substituents is 1. The Morgan fingerprint density at radius 2 is 1.53 bits per heavy atom. The number of aromatic hydroxyl groups is 1. The second-order valence-electron chi connectivity index (χ2n) is 7.52. The van der Waals surface area contributed by atoms with Crippen LogP contribution in [0.4, 0.5) is 0 Å². The molecule has 0 radical (unpaired) electrons. The van der Waals surface area contributed by atoms with Crippen molar-refractivity contribution in [2.24, 2.45) is 0 Å². The molecule has 0 saturated heterocycles. The summed E-state index contributed by atoms with van der Waals surface area (Å²) in [6.45, 7) is 1.82. The Morgan fingerprint density at radius 3 is 2.19 bits per heavy atom. The minimum atomic E-state index is -0.223. The first kappa shape index (κ1) is 19.6. The van der Waals surface area contributed by atoms with E-state index in [1.54, 1.807) is 12.1 Å². The van der Waals surface area contributed by atoms with Crippen LogP contribution < -0.4 is 10.3 Å². The van der Waals surface area contributed by atoms with Crippen molar-refractivity contribution in [2.45, 2.75) is 6.92 Å². The lowest BCUT2D eigenvalue weighted by atomic mass is 10.0. The highest BCUT2D eigenvalue weighted by atomic mass is 16.5. The number of ether oxygens (including phenoxy) is 1. The Balaban J connectivity index is 1.84. The fourth-order valence-electron chi connectivity index (χ4n) is 4.04. The summed E-state index contributed by atoms with van der Waals surface area (Å²) >= 11 is 0. The predicted molar refractivity (Wildman–Crippen MR) is 125 cm³/mol. The molecule has 0 saturated carbocycles. The van der Waals surface area contributed by atoms with E-state index in [4.69, 9.17) is 9.72 Å². The van der Waals surface area contributed by atoms with Crippen LogP contribution in [0.1, 0.15) is 5.69 Å². The van der Waals surface area contributed by atoms with Gasteiger partial charge in [-0.2, -0.15) is 4.52 Å². The lowest BCUT2D eigenvalue weighted by Crippen LogP contribution is -2.19. The molecule has 0 aliphatic rings. The van der Waals surface area contributed by atoms with Gasteiger partial charge in [0.2, 0.25) is 0 Å². The standard InChI is InChI=1S/C26H21N3O3/c1-16-22(19-13-14-20(30)21(15-19)32-2)26(31)29-25(27-16)23(17-9-5-3-6-10-17)24(28-29)18-11-7-4-8-12-18/h3-15,28,30H,1-2H3. The van der Waals surface area contributed by atoms with Crippen LogP contribution in [0.25, 0.3) is 39.2 Å². The number of hydrogen-bond acceptors (Lipinski definition) is 4. The van der Waals surface area contributed by atoms with Gasteiger partial charge in [-0.1, -0.05) is 66.7 Å². The van der Waals surface area contributed by atoms with Gasteiger partial charge >= 0.3 is 0 Å². The number of aryl methyl sites for hydroxylation is 1. The molecule has 0 aliphatic heterocycles. The maximum Gasteiger partial charge on any atom is 0.280 e. The van der Waals surface area contributed by atoms with Gasteiger partial charge in [-0.05, 0) is 30.2 Å². The average Bonchev–Trinajstić information content (AvgIpc) is 3.21. The number of rotatable bonds is 4. The van der Waals surface area contributed by atoms with Gasteiger partial charge in [0.1, 0.15) is 0 Å². The summed E-state index contributed by atoms with van der Waals surface area (Å²) < 4.78 is 6.72. The van der Waals surface area contributed by atoms with Crippen LogP contribution in [0.2, 0.25) is 0 Å². The summed E-state index contributed by atoms with van der Waals surface area (Å²) in [5.74, 6) is 0.313. The number of nitrogens with one attached hydrogen (secondary N) is 1. The van der Waals surface area contributed by atoms with Crippen LogP contribution in [0.3, 0.4) is 0 Å². The van der Waals surface area contributed by atoms with E-state index in [2.05, 4.69) is 5.10 Å². The molecule has 0 fully saturated rings. The van der Waals surface area contributed by atoms with Crippen LogP contribution in [-0.2, 0) is 0 Å². The highest BCUT2D eigenvalue weighted by molar-refractivity contribution is 5.91. The van der Waals surface area contributed by atoms with Crippen LogP contribution >= 0.6 is 0 Å². The van der Waals surface area contributed by atoms with Gasteiger partial charge in [0.25, 0.3) is 5.56 Å². The maximum atomic E-state index is 13.7. The molecule has 5 rings (SSSR count). The zero-order valence-corrected chi connectivity index (χ0v) is 17.7. The molecule has 5 aromatic rings. The second-order valence-corrected chi connectivity index (χ2v) is 7.52. The lowest BCUT2D eigenvalue weighted by molar-refractivity contribution is 0.373. The Kier molecular flexibility index (Phi) is 4.75. The number of hydrogen-bond donors (Lipinski definition) is 2. The number of H-pyrrole nitrogens is 1. The number of benzene rings is 3. The van der Waals surface area contributed by atoms with E-state index in [9.17, 15) is 9.90 Å². The molecule has 2 N–H and O–H groups in total. The first-order chi connectivity index (χ1) is 15.6. The molecule has 0 bridgehead atoms. The summed E-state index contributed by atoms with van der Waals surface area (Å²) in [7, 11) is 1.48. The molecule has 2 heterocycles. The topological polar surface area (TPSA) is 79.6 Å². The highest BCUT2D eigenvalue weighted by Crippen LogP contribution is 2.35. The molecule has 0 unspecified atom stereocenters. The van der Waals surface area contributed by atoms with Gasteiger partial charge in [-0.25, -0.2) is 4.98 Å². The monoisotopic (exact) mass is 423 g/mol. The largest absolute Gasteiger partial charge is 0.504 e. The quantitative estimate of drug-likeness (QED) is 0.424. The van der Waals surface area contributed by atoms with Crippen molar-refractivity contribution in [3.8, 4) is 45.0 Å². The van der Waals surface area contributed by atoms with Crippen molar-refractivity contribution < 1.29 is 9.84 Å². The van der Waals surface area contributed by atoms with Gasteiger partial charge in [-0.3, -0.25) is 9.89 Å². The third kappa shape index (κ3) is 3.13. The normalized spacial score (nSPS) is 11.1. The van der Waals surface area contributed by atoms with Gasteiger partial charge in [0.15, 0.2) is 17.1 Å². The van der Waals surface area contributed by atoms with E-state index in [-0.39, 0.29) is 11.3 Å². The molecule has 6 heteroatoms. The summed E-state index contributed by atoms with van der Waals surface area (Å²) in [5.41, 5.74) is 5.62. The molecular weight excluding hydrogens is 402 g/mol. The fourth-order valence-corrected chi connectivity index (χ4v) is 4.04. The summed E-state index contributed by atoms with van der Waals surface area (Å²) in [5, 5.41) is 13.2. The van der Waals surface area contributed by atoms with Crippen LogP contribution in [0, 0.1) is 6.92 Å². The van der Waals surface area contributed by atoms with Crippen molar-refractivity contribution in [3.63, 3.8) is 0 Å². The van der Waals surface area contributed by atoms with Crippen LogP contribution in [-0.4, -0.2) is 26.8 Å². The Morgan fingerprint density at radius 1 is 0.875 bits per heavy atom.